The van der Waals surface area contributed by atoms with Crippen molar-refractivity contribution in [3.63, 3.8) is 0 Å². The van der Waals surface area contributed by atoms with Crippen LogP contribution >= 0.6 is 0 Å². The summed E-state index contributed by atoms with van der Waals surface area (Å²) in [5, 5.41) is 10.6. The summed E-state index contributed by atoms with van der Waals surface area (Å²) in [7, 11) is 0. The number of hydrogen-bond donors (Lipinski definition) is 1. The van der Waals surface area contributed by atoms with Gasteiger partial charge >= 0.3 is 5.97 Å². The van der Waals surface area contributed by atoms with Gasteiger partial charge in [-0.1, -0.05) is 12.1 Å². The molecule has 16 heavy (non-hydrogen) atoms. The van der Waals surface area contributed by atoms with E-state index in [1.54, 1.807) is 12.1 Å². The van der Waals surface area contributed by atoms with Crippen LogP contribution in [0, 0.1) is 10.1 Å². The first kappa shape index (κ1) is 12.1. The third-order valence-electron chi connectivity index (χ3n) is 1.93. The predicted octanol–water partition coefficient (Wildman–Crippen LogP) is 0.985. The Morgan fingerprint density at radius 2 is 2.19 bits per heavy atom. The Hall–Kier alpha value is -1.95. The molecule has 1 atom stereocenters. The fourth-order valence-electron chi connectivity index (χ4n) is 1.09. The third-order valence-corrected chi connectivity index (χ3v) is 1.93. The molecule has 0 aliphatic heterocycles. The number of carbonyl (C=O) groups excluding carboxylic acids is 1. The summed E-state index contributed by atoms with van der Waals surface area (Å²) in [5.41, 5.74) is 5.57. The van der Waals surface area contributed by atoms with E-state index in [1.165, 1.54) is 19.1 Å². The molecule has 0 amide bonds. The molecule has 0 saturated carbocycles. The molecule has 1 rings (SSSR count). The molecule has 0 aliphatic carbocycles. The Bertz CT molecular complexity index is 404. The minimum absolute atomic E-state index is 0.0695. The molecule has 2 N–H and O–H groups in total. The van der Waals surface area contributed by atoms with E-state index in [1.807, 2.05) is 0 Å². The molecule has 0 aromatic heterocycles. The van der Waals surface area contributed by atoms with Crippen LogP contribution in [0.3, 0.4) is 0 Å². The number of nitrogens with two attached hydrogens (primary N) is 1. The molecule has 0 bridgehead atoms. The molecule has 1 aromatic carbocycles. The van der Waals surface area contributed by atoms with E-state index in [4.69, 9.17) is 10.5 Å². The number of rotatable bonds is 4. The average molecular weight is 224 g/mol. The lowest BCUT2D eigenvalue weighted by atomic mass is 10.2. The topological polar surface area (TPSA) is 95.5 Å². The standard InChI is InChI=1S/C10H12N2O4/c1-7(11)10(13)16-6-8-4-2-3-5-9(8)12(14)15/h2-5,7H,6,11H2,1H3. The van der Waals surface area contributed by atoms with Crippen LogP contribution in [0.2, 0.25) is 0 Å². The molecule has 6 nitrogen and oxygen atoms in total. The fourth-order valence-corrected chi connectivity index (χ4v) is 1.09. The number of hydrogen-bond acceptors (Lipinski definition) is 5. The van der Waals surface area contributed by atoms with Gasteiger partial charge in [0.2, 0.25) is 0 Å². The minimum atomic E-state index is -0.734. The molecule has 0 radical (unpaired) electrons. The SMILES string of the molecule is CC(N)C(=O)OCc1ccccc1[N+](=O)[O-]. The molecule has 0 fully saturated rings. The minimum Gasteiger partial charge on any atom is -0.459 e. The van der Waals surface area contributed by atoms with Crippen LogP contribution in [0.1, 0.15) is 12.5 Å². The van der Waals surface area contributed by atoms with Crippen molar-refractivity contribution in [3.05, 3.63) is 39.9 Å². The molecule has 0 heterocycles. The van der Waals surface area contributed by atoms with Gasteiger partial charge in [0.15, 0.2) is 0 Å². The van der Waals surface area contributed by atoms with Crippen molar-refractivity contribution in [3.8, 4) is 0 Å². The second-order valence-corrected chi connectivity index (χ2v) is 3.28. The van der Waals surface area contributed by atoms with E-state index in [0.29, 0.717) is 5.56 Å². The zero-order valence-electron chi connectivity index (χ0n) is 8.75. The highest BCUT2D eigenvalue weighted by atomic mass is 16.6. The summed E-state index contributed by atoms with van der Waals surface area (Å²) < 4.78 is 4.81. The van der Waals surface area contributed by atoms with Crippen molar-refractivity contribution in [2.75, 3.05) is 0 Å². The highest BCUT2D eigenvalue weighted by Gasteiger charge is 2.15. The van der Waals surface area contributed by atoms with Crippen LogP contribution in [0.5, 0.6) is 0 Å². The van der Waals surface area contributed by atoms with E-state index < -0.39 is 16.9 Å². The van der Waals surface area contributed by atoms with Crippen molar-refractivity contribution >= 4 is 11.7 Å². The van der Waals surface area contributed by atoms with Gasteiger partial charge in [0.1, 0.15) is 12.6 Å². The largest absolute Gasteiger partial charge is 0.459 e. The Morgan fingerprint density at radius 3 is 2.75 bits per heavy atom. The maximum atomic E-state index is 11.1. The van der Waals surface area contributed by atoms with Gasteiger partial charge in [-0.25, -0.2) is 0 Å². The molecule has 0 aliphatic rings. The Balaban J connectivity index is 2.74. The Kier molecular flexibility index (Phi) is 3.96. The summed E-state index contributed by atoms with van der Waals surface area (Å²) in [4.78, 5) is 21.2. The van der Waals surface area contributed by atoms with Crippen LogP contribution in [0.4, 0.5) is 5.69 Å². The summed E-state index contributed by atoms with van der Waals surface area (Å²) in [6.07, 6.45) is 0. The van der Waals surface area contributed by atoms with Gasteiger partial charge < -0.3 is 10.5 Å². The third kappa shape index (κ3) is 3.03. The van der Waals surface area contributed by atoms with Gasteiger partial charge in [-0.15, -0.1) is 0 Å². The van der Waals surface area contributed by atoms with Crippen molar-refractivity contribution < 1.29 is 14.5 Å². The number of benzene rings is 1. The zero-order valence-corrected chi connectivity index (χ0v) is 8.75. The van der Waals surface area contributed by atoms with Crippen LogP contribution in [0.25, 0.3) is 0 Å². The smallest absolute Gasteiger partial charge is 0.322 e. The van der Waals surface area contributed by atoms with E-state index in [-0.39, 0.29) is 12.3 Å². The first-order valence-corrected chi connectivity index (χ1v) is 4.67. The van der Waals surface area contributed by atoms with E-state index in [9.17, 15) is 14.9 Å². The fraction of sp³-hybridized carbons (Fsp3) is 0.300. The zero-order chi connectivity index (χ0) is 12.1. The number of nitro groups is 1. The maximum absolute atomic E-state index is 11.1. The van der Waals surface area contributed by atoms with Crippen molar-refractivity contribution in [1.82, 2.24) is 0 Å². The quantitative estimate of drug-likeness (QED) is 0.467. The highest BCUT2D eigenvalue weighted by molar-refractivity contribution is 5.74. The summed E-state index contributed by atoms with van der Waals surface area (Å²) >= 11 is 0. The predicted molar refractivity (Wildman–Crippen MR) is 56.5 cm³/mol. The van der Waals surface area contributed by atoms with Crippen LogP contribution in [0.15, 0.2) is 24.3 Å². The van der Waals surface area contributed by atoms with Gasteiger partial charge in [-0.3, -0.25) is 14.9 Å². The van der Waals surface area contributed by atoms with Crippen molar-refractivity contribution in [2.24, 2.45) is 5.73 Å². The van der Waals surface area contributed by atoms with Gasteiger partial charge in [0.25, 0.3) is 5.69 Å². The van der Waals surface area contributed by atoms with Crippen LogP contribution in [-0.4, -0.2) is 16.9 Å². The number of ether oxygens (including phenoxy) is 1. The van der Waals surface area contributed by atoms with Gasteiger partial charge in [0, 0.05) is 6.07 Å². The second-order valence-electron chi connectivity index (χ2n) is 3.28. The molecule has 0 spiro atoms. The molecule has 0 saturated heterocycles. The monoisotopic (exact) mass is 224 g/mol. The molecule has 86 valence electrons. The lowest BCUT2D eigenvalue weighted by Gasteiger charge is -2.07. The normalized spacial score (nSPS) is 11.9. The lowest BCUT2D eigenvalue weighted by Crippen LogP contribution is -2.28. The first-order valence-electron chi connectivity index (χ1n) is 4.67. The van der Waals surface area contributed by atoms with E-state index in [2.05, 4.69) is 0 Å². The van der Waals surface area contributed by atoms with Gasteiger partial charge in [0.05, 0.1) is 10.5 Å². The molecular weight excluding hydrogens is 212 g/mol. The first-order chi connectivity index (χ1) is 7.52. The number of carbonyl (C=O) groups is 1. The molecule has 1 aromatic rings. The lowest BCUT2D eigenvalue weighted by molar-refractivity contribution is -0.385. The van der Waals surface area contributed by atoms with Crippen molar-refractivity contribution in [2.45, 2.75) is 19.6 Å². The Labute approximate surface area is 92.2 Å². The van der Waals surface area contributed by atoms with Crippen molar-refractivity contribution in [1.29, 1.82) is 0 Å². The number of nitrogens with zero attached hydrogens (tertiary/aromatic N) is 1. The van der Waals surface area contributed by atoms with Crippen LogP contribution in [-0.2, 0) is 16.1 Å². The summed E-state index contributed by atoms with van der Waals surface area (Å²) in [5.74, 6) is -0.585. The Morgan fingerprint density at radius 1 is 1.56 bits per heavy atom. The molecule has 6 heteroatoms. The maximum Gasteiger partial charge on any atom is 0.322 e. The van der Waals surface area contributed by atoms with Crippen LogP contribution < -0.4 is 5.73 Å². The second kappa shape index (κ2) is 5.22. The number of nitro benzene ring substituents is 1. The molecule has 1 unspecified atom stereocenters. The van der Waals surface area contributed by atoms with Gasteiger partial charge in [-0.2, -0.15) is 0 Å². The number of para-hydroxylation sites is 1. The number of esters is 1. The average Bonchev–Trinajstić information content (AvgIpc) is 2.25. The summed E-state index contributed by atoms with van der Waals surface area (Å²) in [6, 6.07) is 5.35. The summed E-state index contributed by atoms with van der Waals surface area (Å²) in [6.45, 7) is 1.35. The molecular formula is C10H12N2O4. The highest BCUT2D eigenvalue weighted by Crippen LogP contribution is 2.18. The van der Waals surface area contributed by atoms with E-state index >= 15 is 0 Å². The van der Waals surface area contributed by atoms with E-state index in [0.717, 1.165) is 0 Å². The van der Waals surface area contributed by atoms with Gasteiger partial charge in [-0.05, 0) is 13.0 Å².